The lowest BCUT2D eigenvalue weighted by molar-refractivity contribution is -0.0281. The van der Waals surface area contributed by atoms with Crippen LogP contribution in [0, 0.1) is 0 Å². The molecule has 17 heavy (non-hydrogen) atoms. The maximum Gasteiger partial charge on any atom is 0.338 e. The number of carboxylic acid groups (broad SMARTS) is 1. The number of hydrogen-bond donors (Lipinski definition) is 1. The SMILES string of the molecule is CC1(C)CN(c2ncc(C(=O)O)cn2)CCO1. The molecular formula is C11H15N3O3. The Hall–Kier alpha value is -1.69. The Morgan fingerprint density at radius 3 is 2.65 bits per heavy atom. The molecule has 1 fully saturated rings. The highest BCUT2D eigenvalue weighted by atomic mass is 16.5. The lowest BCUT2D eigenvalue weighted by Crippen LogP contribution is -2.49. The first-order valence-electron chi connectivity index (χ1n) is 5.42. The molecule has 0 radical (unpaired) electrons. The first-order valence-corrected chi connectivity index (χ1v) is 5.42. The first-order chi connectivity index (χ1) is 7.98. The number of aromatic carboxylic acids is 1. The Bertz CT molecular complexity index is 416. The lowest BCUT2D eigenvalue weighted by atomic mass is 10.1. The van der Waals surface area contributed by atoms with Gasteiger partial charge in [-0.15, -0.1) is 0 Å². The fourth-order valence-corrected chi connectivity index (χ4v) is 1.78. The van der Waals surface area contributed by atoms with Gasteiger partial charge in [0.2, 0.25) is 5.95 Å². The van der Waals surface area contributed by atoms with E-state index in [0.29, 0.717) is 19.1 Å². The van der Waals surface area contributed by atoms with Crippen molar-refractivity contribution < 1.29 is 14.6 Å². The molecular weight excluding hydrogens is 222 g/mol. The van der Waals surface area contributed by atoms with Crippen LogP contribution in [0.5, 0.6) is 0 Å². The Labute approximate surface area is 99.2 Å². The molecule has 1 saturated heterocycles. The normalized spacial score (nSPS) is 19.1. The minimum absolute atomic E-state index is 0.0984. The van der Waals surface area contributed by atoms with E-state index < -0.39 is 5.97 Å². The summed E-state index contributed by atoms with van der Waals surface area (Å²) in [5, 5.41) is 8.76. The van der Waals surface area contributed by atoms with Crippen molar-refractivity contribution in [1.29, 1.82) is 0 Å². The van der Waals surface area contributed by atoms with Crippen molar-refractivity contribution in [2.45, 2.75) is 19.4 Å². The molecule has 0 aromatic carbocycles. The van der Waals surface area contributed by atoms with Gasteiger partial charge in [-0.1, -0.05) is 0 Å². The molecule has 1 aromatic rings. The van der Waals surface area contributed by atoms with Crippen molar-refractivity contribution in [3.63, 3.8) is 0 Å². The predicted molar refractivity (Wildman–Crippen MR) is 61.2 cm³/mol. The summed E-state index contributed by atoms with van der Waals surface area (Å²) in [4.78, 5) is 20.8. The lowest BCUT2D eigenvalue weighted by Gasteiger charge is -2.38. The van der Waals surface area contributed by atoms with Crippen LogP contribution in [0.2, 0.25) is 0 Å². The van der Waals surface area contributed by atoms with Crippen molar-refractivity contribution in [3.05, 3.63) is 18.0 Å². The molecule has 0 unspecified atom stereocenters. The van der Waals surface area contributed by atoms with E-state index in [2.05, 4.69) is 9.97 Å². The Morgan fingerprint density at radius 1 is 1.47 bits per heavy atom. The molecule has 1 aliphatic heterocycles. The summed E-state index contributed by atoms with van der Waals surface area (Å²) in [6.07, 6.45) is 2.65. The van der Waals surface area contributed by atoms with Gasteiger partial charge in [-0.05, 0) is 13.8 Å². The average Bonchev–Trinajstić information content (AvgIpc) is 2.28. The molecule has 2 rings (SSSR count). The Kier molecular flexibility index (Phi) is 2.97. The molecule has 0 spiro atoms. The molecule has 0 bridgehead atoms. The van der Waals surface area contributed by atoms with Crippen LogP contribution in [0.15, 0.2) is 12.4 Å². The number of anilines is 1. The topological polar surface area (TPSA) is 75.6 Å². The Balaban J connectivity index is 2.14. The van der Waals surface area contributed by atoms with E-state index in [1.807, 2.05) is 18.7 Å². The molecule has 6 heteroatoms. The van der Waals surface area contributed by atoms with E-state index >= 15 is 0 Å². The summed E-state index contributed by atoms with van der Waals surface area (Å²) in [7, 11) is 0. The van der Waals surface area contributed by atoms with Crippen molar-refractivity contribution >= 4 is 11.9 Å². The third kappa shape index (κ3) is 2.71. The molecule has 0 amide bonds. The van der Waals surface area contributed by atoms with E-state index in [4.69, 9.17) is 9.84 Å². The standard InChI is InChI=1S/C11H15N3O3/c1-11(2)7-14(3-4-17-11)10-12-5-8(6-13-10)9(15)16/h5-6H,3-4,7H2,1-2H3,(H,15,16). The van der Waals surface area contributed by atoms with Crippen molar-refractivity contribution in [2.24, 2.45) is 0 Å². The van der Waals surface area contributed by atoms with Crippen LogP contribution >= 0.6 is 0 Å². The number of morpholine rings is 1. The van der Waals surface area contributed by atoms with Gasteiger partial charge in [0.05, 0.1) is 17.8 Å². The van der Waals surface area contributed by atoms with Crippen LogP contribution in [-0.4, -0.2) is 46.3 Å². The summed E-state index contributed by atoms with van der Waals surface area (Å²) in [5.74, 6) is -0.467. The van der Waals surface area contributed by atoms with Gasteiger partial charge in [0.15, 0.2) is 0 Å². The summed E-state index contributed by atoms with van der Waals surface area (Å²) < 4.78 is 5.59. The maximum absolute atomic E-state index is 10.7. The quantitative estimate of drug-likeness (QED) is 0.819. The van der Waals surface area contributed by atoms with E-state index in [0.717, 1.165) is 6.54 Å². The minimum atomic E-state index is -1.01. The number of aromatic nitrogens is 2. The van der Waals surface area contributed by atoms with Crippen LogP contribution in [0.1, 0.15) is 24.2 Å². The number of carboxylic acids is 1. The number of ether oxygens (including phenoxy) is 1. The van der Waals surface area contributed by atoms with Gasteiger partial charge in [0.1, 0.15) is 0 Å². The largest absolute Gasteiger partial charge is 0.478 e. The summed E-state index contributed by atoms with van der Waals surface area (Å²) >= 11 is 0. The van der Waals surface area contributed by atoms with Crippen molar-refractivity contribution in [1.82, 2.24) is 9.97 Å². The smallest absolute Gasteiger partial charge is 0.338 e. The van der Waals surface area contributed by atoms with Crippen LogP contribution in [-0.2, 0) is 4.74 Å². The number of nitrogens with zero attached hydrogens (tertiary/aromatic N) is 3. The molecule has 1 aliphatic rings. The number of rotatable bonds is 2. The van der Waals surface area contributed by atoms with E-state index in [9.17, 15) is 4.79 Å². The van der Waals surface area contributed by atoms with Crippen LogP contribution in [0.4, 0.5) is 5.95 Å². The first kappa shape index (κ1) is 11.8. The zero-order valence-corrected chi connectivity index (χ0v) is 9.88. The molecule has 92 valence electrons. The summed E-state index contributed by atoms with van der Waals surface area (Å²) in [6, 6.07) is 0. The van der Waals surface area contributed by atoms with E-state index in [1.165, 1.54) is 12.4 Å². The molecule has 0 atom stereocenters. The van der Waals surface area contributed by atoms with Crippen LogP contribution in [0.3, 0.4) is 0 Å². The zero-order valence-electron chi connectivity index (χ0n) is 9.88. The van der Waals surface area contributed by atoms with E-state index in [-0.39, 0.29) is 11.2 Å². The average molecular weight is 237 g/mol. The highest BCUT2D eigenvalue weighted by Gasteiger charge is 2.28. The van der Waals surface area contributed by atoms with Gasteiger partial charge in [-0.25, -0.2) is 14.8 Å². The zero-order chi connectivity index (χ0) is 12.5. The van der Waals surface area contributed by atoms with Crippen LogP contribution < -0.4 is 4.90 Å². The molecule has 6 nitrogen and oxygen atoms in total. The fraction of sp³-hybridized carbons (Fsp3) is 0.545. The van der Waals surface area contributed by atoms with Gasteiger partial charge in [-0.3, -0.25) is 0 Å². The summed E-state index contributed by atoms with van der Waals surface area (Å²) in [5.41, 5.74) is -0.131. The van der Waals surface area contributed by atoms with Gasteiger partial charge >= 0.3 is 5.97 Å². The highest BCUT2D eigenvalue weighted by Crippen LogP contribution is 2.19. The van der Waals surface area contributed by atoms with E-state index in [1.54, 1.807) is 0 Å². The summed E-state index contributed by atoms with van der Waals surface area (Å²) in [6.45, 7) is 6.04. The number of hydrogen-bond acceptors (Lipinski definition) is 5. The predicted octanol–water partition coefficient (Wildman–Crippen LogP) is 0.790. The van der Waals surface area contributed by atoms with Gasteiger partial charge < -0.3 is 14.7 Å². The second kappa shape index (κ2) is 4.29. The molecule has 0 aliphatic carbocycles. The third-order valence-corrected chi connectivity index (χ3v) is 2.59. The Morgan fingerprint density at radius 2 is 2.12 bits per heavy atom. The molecule has 2 heterocycles. The fourth-order valence-electron chi connectivity index (χ4n) is 1.78. The van der Waals surface area contributed by atoms with Crippen LogP contribution in [0.25, 0.3) is 0 Å². The minimum Gasteiger partial charge on any atom is -0.478 e. The van der Waals surface area contributed by atoms with Gasteiger partial charge in [0.25, 0.3) is 0 Å². The monoisotopic (exact) mass is 237 g/mol. The highest BCUT2D eigenvalue weighted by molar-refractivity contribution is 5.86. The maximum atomic E-state index is 10.7. The molecule has 1 aromatic heterocycles. The molecule has 0 saturated carbocycles. The van der Waals surface area contributed by atoms with Gasteiger partial charge in [-0.2, -0.15) is 0 Å². The van der Waals surface area contributed by atoms with Crippen molar-refractivity contribution in [3.8, 4) is 0 Å². The second-order valence-electron chi connectivity index (χ2n) is 4.61. The number of carbonyl (C=O) groups is 1. The van der Waals surface area contributed by atoms with Crippen molar-refractivity contribution in [2.75, 3.05) is 24.6 Å². The van der Waals surface area contributed by atoms with Gasteiger partial charge in [0, 0.05) is 25.5 Å². The third-order valence-electron chi connectivity index (χ3n) is 2.59. The second-order valence-corrected chi connectivity index (χ2v) is 4.61. The molecule has 1 N–H and O–H groups in total.